The summed E-state index contributed by atoms with van der Waals surface area (Å²) in [7, 11) is 3.53. The first-order valence-electron chi connectivity index (χ1n) is 8.92. The van der Waals surface area contributed by atoms with Crippen molar-refractivity contribution in [3.8, 4) is 0 Å². The Balaban J connectivity index is 2.06. The summed E-state index contributed by atoms with van der Waals surface area (Å²) >= 11 is 0. The van der Waals surface area contributed by atoms with Crippen LogP contribution in [0, 0.1) is 5.92 Å². The van der Waals surface area contributed by atoms with Crippen LogP contribution in [0.5, 0.6) is 0 Å². The Bertz CT molecular complexity index is 652. The molecule has 8 nitrogen and oxygen atoms in total. The second-order valence-electron chi connectivity index (χ2n) is 7.01. The van der Waals surface area contributed by atoms with Gasteiger partial charge in [0.05, 0.1) is 12.7 Å². The number of benzene rings is 1. The number of aliphatic hydroxyl groups is 2. The molecule has 1 amide bonds. The molecule has 1 aliphatic rings. The number of amidine groups is 1. The maximum absolute atomic E-state index is 12.4. The lowest BCUT2D eigenvalue weighted by molar-refractivity contribution is -0.197. The molecular formula is C19H29N3O5. The number of amides is 1. The Labute approximate surface area is 159 Å². The number of carbonyl (C=O) groups excluding carboxylic acids is 1. The molecule has 1 fully saturated rings. The van der Waals surface area contributed by atoms with Gasteiger partial charge in [0.15, 0.2) is 12.4 Å². The van der Waals surface area contributed by atoms with Gasteiger partial charge in [0.25, 0.3) is 5.91 Å². The van der Waals surface area contributed by atoms with Crippen molar-refractivity contribution in [1.82, 2.24) is 4.90 Å². The third-order valence-corrected chi connectivity index (χ3v) is 4.89. The van der Waals surface area contributed by atoms with Gasteiger partial charge in [0, 0.05) is 31.6 Å². The third-order valence-electron chi connectivity index (χ3n) is 4.89. The smallest absolute Gasteiger partial charge is 0.279 e. The van der Waals surface area contributed by atoms with Gasteiger partial charge in [-0.15, -0.1) is 0 Å². The van der Waals surface area contributed by atoms with E-state index in [-0.39, 0.29) is 12.5 Å². The molecule has 1 aliphatic heterocycles. The van der Waals surface area contributed by atoms with Crippen molar-refractivity contribution in [1.29, 1.82) is 0 Å². The van der Waals surface area contributed by atoms with Crippen LogP contribution >= 0.6 is 0 Å². The van der Waals surface area contributed by atoms with E-state index in [0.29, 0.717) is 11.4 Å². The largest absolute Gasteiger partial charge is 0.388 e. The molecule has 6 atom stereocenters. The fourth-order valence-electron chi connectivity index (χ4n) is 2.77. The average molecular weight is 379 g/mol. The maximum atomic E-state index is 12.4. The Morgan fingerprint density at radius 1 is 1.37 bits per heavy atom. The molecule has 4 N–H and O–H groups in total. The van der Waals surface area contributed by atoms with E-state index >= 15 is 0 Å². The van der Waals surface area contributed by atoms with Crippen LogP contribution in [-0.4, -0.2) is 71.9 Å². The number of nitrogens with zero attached hydrogens (tertiary/aromatic N) is 2. The molecule has 1 saturated heterocycles. The van der Waals surface area contributed by atoms with E-state index in [1.165, 1.54) is 0 Å². The lowest BCUT2D eigenvalue weighted by Crippen LogP contribution is -2.60. The van der Waals surface area contributed by atoms with E-state index in [0.717, 1.165) is 0 Å². The topological polar surface area (TPSA) is 118 Å². The second-order valence-corrected chi connectivity index (χ2v) is 7.01. The summed E-state index contributed by atoms with van der Waals surface area (Å²) in [4.78, 5) is 18.1. The first-order valence-corrected chi connectivity index (χ1v) is 8.92. The number of rotatable bonds is 5. The summed E-state index contributed by atoms with van der Waals surface area (Å²) in [6.07, 6.45) is -4.02. The molecule has 1 unspecified atom stereocenters. The fraction of sp³-hybridized carbons (Fsp3) is 0.579. The van der Waals surface area contributed by atoms with Crippen LogP contribution in [0.15, 0.2) is 35.3 Å². The van der Waals surface area contributed by atoms with Crippen molar-refractivity contribution in [2.75, 3.05) is 20.7 Å². The maximum Gasteiger partial charge on any atom is 0.279 e. The van der Waals surface area contributed by atoms with Crippen molar-refractivity contribution in [2.45, 2.75) is 44.5 Å². The third kappa shape index (κ3) is 5.33. The van der Waals surface area contributed by atoms with E-state index in [9.17, 15) is 15.0 Å². The Hall–Kier alpha value is -1.84. The zero-order valence-electron chi connectivity index (χ0n) is 16.1. The molecule has 0 spiro atoms. The van der Waals surface area contributed by atoms with Gasteiger partial charge < -0.3 is 30.3 Å². The number of hydrogen-bond donors (Lipinski definition) is 3. The highest BCUT2D eigenvalue weighted by atomic mass is 16.6. The zero-order chi connectivity index (χ0) is 20.1. The van der Waals surface area contributed by atoms with Crippen molar-refractivity contribution in [3.63, 3.8) is 0 Å². The summed E-state index contributed by atoms with van der Waals surface area (Å²) in [5.74, 6) is -0.370. The average Bonchev–Trinajstić information content (AvgIpc) is 2.65. The van der Waals surface area contributed by atoms with Crippen LogP contribution < -0.4 is 5.73 Å². The van der Waals surface area contributed by atoms with Crippen LogP contribution in [-0.2, 0) is 14.3 Å². The fourth-order valence-corrected chi connectivity index (χ4v) is 2.77. The molecule has 27 heavy (non-hydrogen) atoms. The van der Waals surface area contributed by atoms with Gasteiger partial charge in [-0.3, -0.25) is 4.79 Å². The first-order chi connectivity index (χ1) is 12.7. The Morgan fingerprint density at radius 2 is 2.00 bits per heavy atom. The minimum Gasteiger partial charge on any atom is -0.388 e. The molecule has 8 heteroatoms. The molecule has 0 radical (unpaired) electrons. The number of nitrogens with two attached hydrogens (primary N) is 1. The lowest BCUT2D eigenvalue weighted by Gasteiger charge is -2.41. The lowest BCUT2D eigenvalue weighted by atomic mass is 9.86. The van der Waals surface area contributed by atoms with Gasteiger partial charge in [-0.2, -0.15) is 4.99 Å². The number of aliphatic hydroxyl groups excluding tert-OH is 2. The van der Waals surface area contributed by atoms with Crippen molar-refractivity contribution >= 4 is 11.7 Å². The van der Waals surface area contributed by atoms with E-state index < -0.39 is 36.6 Å². The summed E-state index contributed by atoms with van der Waals surface area (Å²) < 4.78 is 11.3. The van der Waals surface area contributed by atoms with Gasteiger partial charge in [0.2, 0.25) is 0 Å². The van der Waals surface area contributed by atoms with Gasteiger partial charge in [-0.05, 0) is 6.92 Å². The van der Waals surface area contributed by atoms with E-state index in [2.05, 4.69) is 4.99 Å². The van der Waals surface area contributed by atoms with E-state index in [1.807, 2.05) is 13.0 Å². The molecule has 1 aromatic rings. The van der Waals surface area contributed by atoms with Crippen molar-refractivity contribution in [2.24, 2.45) is 16.6 Å². The highest BCUT2D eigenvalue weighted by Crippen LogP contribution is 2.27. The van der Waals surface area contributed by atoms with E-state index in [4.69, 9.17) is 15.2 Å². The number of ether oxygens (including phenoxy) is 2. The summed E-state index contributed by atoms with van der Waals surface area (Å²) in [5.41, 5.74) is 6.70. The van der Waals surface area contributed by atoms with Gasteiger partial charge in [0.1, 0.15) is 11.9 Å². The summed E-state index contributed by atoms with van der Waals surface area (Å²) in [5, 5.41) is 20.5. The van der Waals surface area contributed by atoms with Crippen LogP contribution in [0.1, 0.15) is 25.7 Å². The molecule has 1 heterocycles. The first kappa shape index (κ1) is 21.5. The second kappa shape index (κ2) is 9.38. The molecule has 0 aromatic heterocycles. The molecule has 0 aliphatic carbocycles. The summed E-state index contributed by atoms with van der Waals surface area (Å²) in [6, 6.07) is 8.26. The predicted octanol–water partition coefficient (Wildman–Crippen LogP) is 0.292. The van der Waals surface area contributed by atoms with Crippen molar-refractivity contribution in [3.05, 3.63) is 35.9 Å². The predicted molar refractivity (Wildman–Crippen MR) is 101 cm³/mol. The number of aliphatic imine (C=N–C) groups is 1. The number of hydrogen-bond acceptors (Lipinski definition) is 6. The quantitative estimate of drug-likeness (QED) is 0.382. The van der Waals surface area contributed by atoms with Crippen LogP contribution in [0.3, 0.4) is 0 Å². The monoisotopic (exact) mass is 379 g/mol. The molecule has 1 aromatic carbocycles. The SMILES string of the molecule is CC(=NC(=O)[C@@H]1O[C@H](COC(O)c2ccccc2)[C@H](C)[C@H](N)[C@H]1O)N(C)C. The highest BCUT2D eigenvalue weighted by Gasteiger charge is 2.44. The Morgan fingerprint density at radius 3 is 2.59 bits per heavy atom. The van der Waals surface area contributed by atoms with Gasteiger partial charge in [-0.1, -0.05) is 37.3 Å². The normalized spacial score (nSPS) is 30.0. The van der Waals surface area contributed by atoms with Crippen LogP contribution in [0.2, 0.25) is 0 Å². The van der Waals surface area contributed by atoms with Gasteiger partial charge in [-0.25, -0.2) is 0 Å². The molecule has 0 bridgehead atoms. The molecule has 0 saturated carbocycles. The molecule has 150 valence electrons. The van der Waals surface area contributed by atoms with E-state index in [1.54, 1.807) is 50.2 Å². The Kier molecular flexibility index (Phi) is 7.46. The molecular weight excluding hydrogens is 350 g/mol. The minimum absolute atomic E-state index is 0.0256. The van der Waals surface area contributed by atoms with Gasteiger partial charge >= 0.3 is 0 Å². The standard InChI is InChI=1S/C19H29N3O5/c1-11-14(10-26-19(25)13-8-6-5-7-9-13)27-17(16(23)15(11)20)18(24)21-12(2)22(3)4/h5-9,11,14-17,19,23,25H,10,20H2,1-4H3/t11-,14+,15-,16+,17+,19?/m0/s1. The zero-order valence-corrected chi connectivity index (χ0v) is 16.1. The highest BCUT2D eigenvalue weighted by molar-refractivity contribution is 5.95. The number of carbonyl (C=O) groups is 1. The van der Waals surface area contributed by atoms with Crippen molar-refractivity contribution < 1.29 is 24.5 Å². The minimum atomic E-state index is -1.17. The molecule has 2 rings (SSSR count). The van der Waals surface area contributed by atoms with Crippen LogP contribution in [0.25, 0.3) is 0 Å². The van der Waals surface area contributed by atoms with Crippen LogP contribution in [0.4, 0.5) is 0 Å². The summed E-state index contributed by atoms with van der Waals surface area (Å²) in [6.45, 7) is 3.52.